The summed E-state index contributed by atoms with van der Waals surface area (Å²) < 4.78 is 15.7. The van der Waals surface area contributed by atoms with E-state index in [1.54, 1.807) is 0 Å². The highest BCUT2D eigenvalue weighted by molar-refractivity contribution is 5.69. The first-order valence-corrected chi connectivity index (χ1v) is 14.4. The van der Waals surface area contributed by atoms with Crippen LogP contribution in [-0.4, -0.2) is 53.6 Å². The molecule has 226 valence electrons. The van der Waals surface area contributed by atoms with Gasteiger partial charge in [0.15, 0.2) is 0 Å². The number of nitrogens with two attached hydrogens (primary N) is 1. The Kier molecular flexibility index (Phi) is 13.0. The Labute approximate surface area is 239 Å². The molecule has 3 amide bonds. The highest BCUT2D eigenvalue weighted by atomic mass is 16.6. The van der Waals surface area contributed by atoms with Gasteiger partial charge in [0.25, 0.3) is 0 Å². The van der Waals surface area contributed by atoms with Crippen molar-refractivity contribution in [2.45, 2.75) is 135 Å². The van der Waals surface area contributed by atoms with E-state index in [2.05, 4.69) is 16.0 Å². The van der Waals surface area contributed by atoms with Crippen LogP contribution in [0.25, 0.3) is 0 Å². The molecule has 1 aromatic carbocycles. The lowest BCUT2D eigenvalue weighted by Gasteiger charge is -2.30. The van der Waals surface area contributed by atoms with Gasteiger partial charge >= 0.3 is 18.3 Å². The Hall–Kier alpha value is -3.01. The second-order valence-corrected chi connectivity index (χ2v) is 12.7. The van der Waals surface area contributed by atoms with E-state index >= 15 is 0 Å². The average molecular weight is 563 g/mol. The number of hydrogen-bond acceptors (Lipinski definition) is 7. The molecule has 40 heavy (non-hydrogen) atoms. The number of carbonyl (C=O) groups is 3. The van der Waals surface area contributed by atoms with E-state index in [9.17, 15) is 14.4 Å². The molecule has 2 aliphatic rings. The lowest BCUT2D eigenvalue weighted by atomic mass is 9.91. The van der Waals surface area contributed by atoms with Gasteiger partial charge in [0.2, 0.25) is 0 Å². The lowest BCUT2D eigenvalue weighted by Crippen LogP contribution is -2.47. The summed E-state index contributed by atoms with van der Waals surface area (Å²) in [4.78, 5) is 35.3. The van der Waals surface area contributed by atoms with Gasteiger partial charge in [-0.1, -0.05) is 30.3 Å². The van der Waals surface area contributed by atoms with Gasteiger partial charge in [0.1, 0.15) is 17.8 Å². The van der Waals surface area contributed by atoms with Crippen molar-refractivity contribution in [1.82, 2.24) is 16.0 Å². The maximum atomic E-state index is 12.0. The first kappa shape index (κ1) is 33.2. The van der Waals surface area contributed by atoms with Crippen molar-refractivity contribution in [2.24, 2.45) is 5.73 Å². The molecule has 2 fully saturated rings. The Morgan fingerprint density at radius 3 is 1.65 bits per heavy atom. The van der Waals surface area contributed by atoms with Crippen LogP contribution < -0.4 is 21.7 Å². The van der Waals surface area contributed by atoms with Gasteiger partial charge in [-0.3, -0.25) is 0 Å². The van der Waals surface area contributed by atoms with Crippen molar-refractivity contribution in [1.29, 1.82) is 0 Å². The summed E-state index contributed by atoms with van der Waals surface area (Å²) in [6.45, 7) is 11.3. The fourth-order valence-electron chi connectivity index (χ4n) is 4.69. The fraction of sp³-hybridized carbons (Fsp3) is 0.700. The van der Waals surface area contributed by atoms with Gasteiger partial charge in [-0.05, 0) is 98.5 Å². The largest absolute Gasteiger partial charge is 0.445 e. The second-order valence-electron chi connectivity index (χ2n) is 12.7. The molecule has 10 nitrogen and oxygen atoms in total. The minimum Gasteiger partial charge on any atom is -0.445 e. The van der Waals surface area contributed by atoms with E-state index in [0.717, 1.165) is 50.5 Å². The smallest absolute Gasteiger partial charge is 0.407 e. The summed E-state index contributed by atoms with van der Waals surface area (Å²) in [5, 5.41) is 8.64. The quantitative estimate of drug-likeness (QED) is 0.346. The Balaban J connectivity index is 0.000000319. The van der Waals surface area contributed by atoms with E-state index in [-0.39, 0.29) is 36.9 Å². The van der Waals surface area contributed by atoms with Crippen LogP contribution in [-0.2, 0) is 20.8 Å². The second kappa shape index (κ2) is 15.7. The number of amides is 3. The van der Waals surface area contributed by atoms with E-state index in [0.29, 0.717) is 6.42 Å². The topological polar surface area (TPSA) is 141 Å². The van der Waals surface area contributed by atoms with Crippen LogP contribution in [0, 0.1) is 0 Å². The highest BCUT2D eigenvalue weighted by Gasteiger charge is 2.27. The molecule has 0 aromatic heterocycles. The maximum Gasteiger partial charge on any atom is 0.407 e. The van der Waals surface area contributed by atoms with E-state index in [1.165, 1.54) is 0 Å². The minimum atomic E-state index is -0.516. The number of carbonyl (C=O) groups excluding carboxylic acids is 3. The highest BCUT2D eigenvalue weighted by Crippen LogP contribution is 2.20. The molecule has 2 aliphatic carbocycles. The number of ether oxygens (including phenoxy) is 3. The molecule has 0 unspecified atom stereocenters. The Bertz CT molecular complexity index is 928. The van der Waals surface area contributed by atoms with Crippen LogP contribution >= 0.6 is 0 Å². The molecule has 5 N–H and O–H groups in total. The normalized spacial score (nSPS) is 23.0. The third-order valence-corrected chi connectivity index (χ3v) is 6.37. The minimum absolute atomic E-state index is 0.00280. The zero-order valence-electron chi connectivity index (χ0n) is 25.1. The molecule has 10 heteroatoms. The monoisotopic (exact) mass is 562 g/mol. The molecule has 0 radical (unpaired) electrons. The number of nitrogens with one attached hydrogen (secondary N) is 3. The van der Waals surface area contributed by atoms with Gasteiger partial charge in [-0.25, -0.2) is 14.4 Å². The Morgan fingerprint density at radius 1 is 0.725 bits per heavy atom. The van der Waals surface area contributed by atoms with Crippen LogP contribution in [0.5, 0.6) is 0 Å². The molecule has 0 bridgehead atoms. The predicted molar refractivity (Wildman–Crippen MR) is 155 cm³/mol. The molecule has 2 saturated carbocycles. The molecule has 0 heterocycles. The van der Waals surface area contributed by atoms with E-state index in [1.807, 2.05) is 71.9 Å². The van der Waals surface area contributed by atoms with Crippen LogP contribution in [0.15, 0.2) is 30.3 Å². The first-order chi connectivity index (χ1) is 18.7. The SMILES string of the molecule is CC(C)(C)OC(=O)N[C@@H]1CCC[C@H](N)C1.CC(C)(C)OC(=O)N[C@@H]1CCC[C@H](NC(=O)OCc2ccccc2)C1. The van der Waals surface area contributed by atoms with Gasteiger partial charge in [0, 0.05) is 24.2 Å². The summed E-state index contributed by atoms with van der Waals surface area (Å²) in [6, 6.07) is 9.96. The number of benzene rings is 1. The van der Waals surface area contributed by atoms with Crippen molar-refractivity contribution in [3.63, 3.8) is 0 Å². The molecule has 4 atom stereocenters. The van der Waals surface area contributed by atoms with Crippen LogP contribution in [0.2, 0.25) is 0 Å². The molecular formula is C30H50N4O6. The van der Waals surface area contributed by atoms with Crippen LogP contribution in [0.3, 0.4) is 0 Å². The predicted octanol–water partition coefficient (Wildman–Crippen LogP) is 5.53. The molecular weight excluding hydrogens is 512 g/mol. The summed E-state index contributed by atoms with van der Waals surface area (Å²) in [5.74, 6) is 0. The van der Waals surface area contributed by atoms with E-state index in [4.69, 9.17) is 19.9 Å². The fourth-order valence-corrected chi connectivity index (χ4v) is 4.69. The van der Waals surface area contributed by atoms with Gasteiger partial charge in [0.05, 0.1) is 0 Å². The van der Waals surface area contributed by atoms with Gasteiger partial charge < -0.3 is 35.9 Å². The summed E-state index contributed by atoms with van der Waals surface area (Å²) in [7, 11) is 0. The number of hydrogen-bond donors (Lipinski definition) is 4. The molecule has 0 aliphatic heterocycles. The van der Waals surface area contributed by atoms with Crippen molar-refractivity contribution >= 4 is 18.3 Å². The van der Waals surface area contributed by atoms with Crippen molar-refractivity contribution in [3.05, 3.63) is 35.9 Å². The zero-order valence-corrected chi connectivity index (χ0v) is 25.1. The van der Waals surface area contributed by atoms with Gasteiger partial charge in [-0.2, -0.15) is 0 Å². The third kappa shape index (κ3) is 15.0. The summed E-state index contributed by atoms with van der Waals surface area (Å²) in [6.07, 6.45) is 6.23. The van der Waals surface area contributed by atoms with Crippen LogP contribution in [0.4, 0.5) is 14.4 Å². The lowest BCUT2D eigenvalue weighted by molar-refractivity contribution is 0.0477. The zero-order chi connectivity index (χ0) is 29.8. The maximum absolute atomic E-state index is 12.0. The summed E-state index contributed by atoms with van der Waals surface area (Å²) >= 11 is 0. The standard InChI is InChI=1S/C19H28N2O4.C11H22N2O2/c1-19(2,3)25-18(23)21-16-11-7-10-15(12-16)20-17(22)24-13-14-8-5-4-6-9-14;1-11(2,3)15-10(14)13-9-6-4-5-8(12)7-9/h4-6,8-9,15-16H,7,10-13H2,1-3H3,(H,20,22)(H,21,23);8-9H,4-7,12H2,1-3H3,(H,13,14)/t15-,16+;8-,9+/m00/s1. The van der Waals surface area contributed by atoms with Gasteiger partial charge in [-0.15, -0.1) is 0 Å². The van der Waals surface area contributed by atoms with Crippen molar-refractivity contribution in [3.8, 4) is 0 Å². The van der Waals surface area contributed by atoms with Crippen LogP contribution in [0.1, 0.15) is 98.5 Å². The van der Waals surface area contributed by atoms with Crippen molar-refractivity contribution < 1.29 is 28.6 Å². The van der Waals surface area contributed by atoms with Crippen molar-refractivity contribution in [2.75, 3.05) is 0 Å². The molecule has 0 spiro atoms. The first-order valence-electron chi connectivity index (χ1n) is 14.4. The average Bonchev–Trinajstić information content (AvgIpc) is 2.81. The number of rotatable bonds is 5. The summed E-state index contributed by atoms with van der Waals surface area (Å²) in [5.41, 5.74) is 5.84. The Morgan fingerprint density at radius 2 is 1.18 bits per heavy atom. The molecule has 3 rings (SSSR count). The van der Waals surface area contributed by atoms with E-state index < -0.39 is 23.4 Å². The molecule has 1 aromatic rings. The number of alkyl carbamates (subject to hydrolysis) is 3. The molecule has 0 saturated heterocycles. The third-order valence-electron chi connectivity index (χ3n) is 6.37.